The molecule has 5 aliphatic carbocycles. The highest BCUT2D eigenvalue weighted by molar-refractivity contribution is 5.81. The Morgan fingerprint density at radius 2 is 1.28 bits per heavy atom. The lowest BCUT2D eigenvalue weighted by atomic mass is 9.33. The molecule has 9 rings (SSSR count). The van der Waals surface area contributed by atoms with Gasteiger partial charge in [0.25, 0.3) is 0 Å². The number of carboxylic acids is 1. The lowest BCUT2D eigenvalue weighted by Crippen LogP contribution is -2.66. The Morgan fingerprint density at radius 1 is 0.645 bits per heavy atom. The van der Waals surface area contributed by atoms with Crippen molar-refractivity contribution in [2.24, 2.45) is 50.2 Å². The smallest absolute Gasteiger partial charge is 0.315 e. The molecular weight excluding hydrogens is 1000 g/mol. The summed E-state index contributed by atoms with van der Waals surface area (Å²) in [5.41, 5.74) is -2.80. The van der Waals surface area contributed by atoms with Crippen molar-refractivity contribution in [2.75, 3.05) is 19.8 Å². The lowest BCUT2D eigenvalue weighted by Gasteiger charge is -2.71. The molecule has 23 heteroatoms. The van der Waals surface area contributed by atoms with Gasteiger partial charge >= 0.3 is 11.9 Å². The topological polar surface area (TPSA) is 371 Å². The molecule has 0 unspecified atom stereocenters. The van der Waals surface area contributed by atoms with E-state index in [2.05, 4.69) is 40.7 Å². The van der Waals surface area contributed by atoms with Crippen molar-refractivity contribution in [1.82, 2.24) is 0 Å². The molecule has 23 nitrogen and oxygen atoms in total. The van der Waals surface area contributed by atoms with Crippen molar-refractivity contribution < 1.29 is 114 Å². The lowest BCUT2D eigenvalue weighted by molar-refractivity contribution is -0.361. The van der Waals surface area contributed by atoms with Gasteiger partial charge in [0.15, 0.2) is 18.9 Å². The maximum Gasteiger partial charge on any atom is 0.315 e. The molecule has 4 heterocycles. The average molecular weight is 1090 g/mol. The molecule has 13 N–H and O–H groups in total. The number of aliphatic carboxylic acids is 1. The highest BCUT2D eigenvalue weighted by Crippen LogP contribution is 2.76. The van der Waals surface area contributed by atoms with Crippen LogP contribution in [0.4, 0.5) is 0 Å². The van der Waals surface area contributed by atoms with Crippen LogP contribution < -0.4 is 0 Å². The van der Waals surface area contributed by atoms with Gasteiger partial charge in [-0.05, 0) is 117 Å². The van der Waals surface area contributed by atoms with E-state index >= 15 is 4.79 Å². The molecule has 0 aromatic carbocycles. The summed E-state index contributed by atoms with van der Waals surface area (Å²) in [5.74, 6) is -1.97. The number of aliphatic hydroxyl groups excluding tert-OH is 12. The van der Waals surface area contributed by atoms with Gasteiger partial charge in [-0.1, -0.05) is 46.3 Å². The summed E-state index contributed by atoms with van der Waals surface area (Å²) in [7, 11) is 0. The molecule has 0 radical (unpaired) electrons. The van der Waals surface area contributed by atoms with Crippen molar-refractivity contribution in [1.29, 1.82) is 0 Å². The van der Waals surface area contributed by atoms with Gasteiger partial charge in [-0.15, -0.1) is 0 Å². The van der Waals surface area contributed by atoms with Crippen molar-refractivity contribution in [2.45, 2.75) is 235 Å². The highest BCUT2D eigenvalue weighted by Gasteiger charge is 2.71. The summed E-state index contributed by atoms with van der Waals surface area (Å²) in [4.78, 5) is 28.2. The Bertz CT molecular complexity index is 2150. The Labute approximate surface area is 442 Å². The van der Waals surface area contributed by atoms with Crippen LogP contribution in [0.15, 0.2) is 11.6 Å². The van der Waals surface area contributed by atoms with Crippen LogP contribution in [-0.4, -0.2) is 221 Å². The fourth-order valence-corrected chi connectivity index (χ4v) is 16.1. The van der Waals surface area contributed by atoms with Gasteiger partial charge in [-0.3, -0.25) is 9.59 Å². The normalized spacial score (nSPS) is 54.2. The van der Waals surface area contributed by atoms with E-state index in [1.807, 2.05) is 0 Å². The number of carboxylic acid groups (broad SMARTS) is 1. The van der Waals surface area contributed by atoms with Crippen LogP contribution in [0, 0.1) is 50.2 Å². The van der Waals surface area contributed by atoms with E-state index in [1.54, 1.807) is 6.92 Å². The van der Waals surface area contributed by atoms with E-state index in [9.17, 15) is 71.2 Å². The second-order valence-corrected chi connectivity index (χ2v) is 25.6. The third kappa shape index (κ3) is 9.33. The minimum absolute atomic E-state index is 0.132. The summed E-state index contributed by atoms with van der Waals surface area (Å²) in [6.07, 6.45) is -23.2. The Morgan fingerprint density at radius 3 is 1.96 bits per heavy atom. The molecular formula is C53H84O23. The molecule has 4 saturated carbocycles. The Hall–Kier alpha value is -2.08. The molecule has 0 aromatic heterocycles. The van der Waals surface area contributed by atoms with Crippen molar-refractivity contribution in [3.8, 4) is 0 Å². The molecule has 4 aliphatic heterocycles. The molecule has 9 aliphatic rings. The van der Waals surface area contributed by atoms with Gasteiger partial charge in [0, 0.05) is 0 Å². The standard InChI is InChI=1S/C53H84O23/c1-22-31(56)34(59)38(63)44(71-22)75-41-26(19-54)72-42(40(65)36(41)61)70-21-27-33(58)35(60)39(64)45(73-27)76-47(68)53-16-14-49(4,46(66)67)18-24(53)23-8-9-29-50(5)12-11-30(74-43-37(62)32(57)25(55)20-69-43)48(2,3)28(50)10-13-52(29,7)51(23,6)15-17-53/h8,22,24-45,54-65H,9-21H2,1-7H3,(H,66,67)/t22-,24-,25+,26+,27+,28-,29+,30-,31-,32-,33+,34+,35-,36+,37+,38+,39+,40+,41+,42+,43-,44-,45-,49+,50-,51+,52+,53-/m0/s1. The summed E-state index contributed by atoms with van der Waals surface area (Å²) in [6.45, 7) is 12.8. The van der Waals surface area contributed by atoms with Gasteiger partial charge in [-0.2, -0.15) is 0 Å². The minimum Gasteiger partial charge on any atom is -0.481 e. The quantitative estimate of drug-likeness (QED) is 0.0649. The highest BCUT2D eigenvalue weighted by atomic mass is 16.8. The van der Waals surface area contributed by atoms with E-state index in [1.165, 1.54) is 6.92 Å². The molecule has 0 bridgehead atoms. The zero-order chi connectivity index (χ0) is 55.6. The summed E-state index contributed by atoms with van der Waals surface area (Å²) in [6, 6.07) is 0. The van der Waals surface area contributed by atoms with Crippen molar-refractivity contribution >= 4 is 11.9 Å². The van der Waals surface area contributed by atoms with E-state index in [-0.39, 0.29) is 60.1 Å². The minimum atomic E-state index is -1.95. The first-order chi connectivity index (χ1) is 35.5. The first-order valence-corrected chi connectivity index (χ1v) is 27.3. The van der Waals surface area contributed by atoms with E-state index in [0.29, 0.717) is 25.7 Å². The first-order valence-electron chi connectivity index (χ1n) is 27.3. The number of allylic oxidation sites excluding steroid dienone is 2. The summed E-state index contributed by atoms with van der Waals surface area (Å²) in [5, 5.41) is 139. The SMILES string of the molecule is C[C@@H]1O[C@@H](O[C@H]2[C@H](O)[C@@H](O)[C@H](OC[C@H]3O[C@@H](OC(=O)[C@]45CC[C@@](C)(C(=O)O)C[C@H]4C4=CC[C@@H]6[C@@]7(C)CC[C@H](O[C@@H]8OC[C@@H](O)[C@H](O)[C@H]8O)C(C)(C)[C@@H]7CC[C@@]6(C)[C@]4(C)CC5)[C@H](O)[C@@H](O)[C@@H]3O)O[C@@H]2CO)[C@H](O)[C@H](O)[C@H]1O. The molecule has 28 atom stereocenters. The predicted octanol–water partition coefficient (Wildman–Crippen LogP) is -1.30. The number of rotatable bonds is 11. The number of hydrogen-bond acceptors (Lipinski definition) is 22. The molecule has 76 heavy (non-hydrogen) atoms. The zero-order valence-electron chi connectivity index (χ0n) is 44.4. The van der Waals surface area contributed by atoms with Crippen LogP contribution in [0.5, 0.6) is 0 Å². The number of fused-ring (bicyclic) bond motifs is 7. The van der Waals surface area contributed by atoms with Gasteiger partial charge in [-0.25, -0.2) is 0 Å². The third-order valence-electron chi connectivity index (χ3n) is 21.3. The Kier molecular flexibility index (Phi) is 16.2. The van der Waals surface area contributed by atoms with Gasteiger partial charge in [0.2, 0.25) is 6.29 Å². The van der Waals surface area contributed by atoms with E-state index in [0.717, 1.165) is 24.8 Å². The molecule has 4 saturated heterocycles. The molecule has 8 fully saturated rings. The second-order valence-electron chi connectivity index (χ2n) is 25.6. The van der Waals surface area contributed by atoms with Crippen LogP contribution in [0.3, 0.4) is 0 Å². The van der Waals surface area contributed by atoms with Crippen LogP contribution in [0.1, 0.15) is 113 Å². The number of carbonyl (C=O) groups excluding carboxylic acids is 1. The molecule has 0 spiro atoms. The van der Waals surface area contributed by atoms with Crippen LogP contribution in [0.2, 0.25) is 0 Å². The van der Waals surface area contributed by atoms with Gasteiger partial charge < -0.3 is 104 Å². The maximum atomic E-state index is 15.1. The van der Waals surface area contributed by atoms with E-state index in [4.69, 9.17) is 37.9 Å². The number of hydrogen-bond donors (Lipinski definition) is 13. The number of carbonyl (C=O) groups is 2. The average Bonchev–Trinajstić information content (AvgIpc) is 3.58. The monoisotopic (exact) mass is 1090 g/mol. The third-order valence-corrected chi connectivity index (χ3v) is 21.3. The maximum absolute atomic E-state index is 15.1. The van der Waals surface area contributed by atoms with Crippen molar-refractivity contribution in [3.05, 3.63) is 11.6 Å². The van der Waals surface area contributed by atoms with E-state index < -0.39 is 164 Å². The first kappa shape index (κ1) is 58.6. The summed E-state index contributed by atoms with van der Waals surface area (Å²) >= 11 is 0. The van der Waals surface area contributed by atoms with Gasteiger partial charge in [0.1, 0.15) is 85.5 Å². The number of ether oxygens (including phenoxy) is 8. The van der Waals surface area contributed by atoms with Crippen LogP contribution >= 0.6 is 0 Å². The molecule has 0 aromatic rings. The Balaban J connectivity index is 0.911. The second kappa shape index (κ2) is 21.0. The molecule has 434 valence electrons. The molecule has 0 amide bonds. The zero-order valence-corrected chi connectivity index (χ0v) is 44.4. The number of aliphatic hydroxyl groups is 12. The fourth-order valence-electron chi connectivity index (χ4n) is 16.1. The largest absolute Gasteiger partial charge is 0.481 e. The van der Waals surface area contributed by atoms with Crippen LogP contribution in [0.25, 0.3) is 0 Å². The van der Waals surface area contributed by atoms with Gasteiger partial charge in [0.05, 0.1) is 42.9 Å². The van der Waals surface area contributed by atoms with Crippen molar-refractivity contribution in [3.63, 3.8) is 0 Å². The number of esters is 1. The van der Waals surface area contributed by atoms with Crippen LogP contribution in [-0.2, 0) is 47.5 Å². The fraction of sp³-hybridized carbons (Fsp3) is 0.925. The summed E-state index contributed by atoms with van der Waals surface area (Å²) < 4.78 is 46.8. The predicted molar refractivity (Wildman–Crippen MR) is 257 cm³/mol.